The van der Waals surface area contributed by atoms with Crippen LogP contribution in [0.25, 0.3) is 21.8 Å². The third-order valence-electron chi connectivity index (χ3n) is 3.51. The quantitative estimate of drug-likeness (QED) is 0.750. The first-order valence-corrected chi connectivity index (χ1v) is 6.43. The van der Waals surface area contributed by atoms with Crippen molar-refractivity contribution in [3.8, 4) is 0 Å². The van der Waals surface area contributed by atoms with E-state index in [4.69, 9.17) is 5.11 Å². The number of hydrogen-bond acceptors (Lipinski definition) is 1. The second kappa shape index (κ2) is 4.43. The van der Waals surface area contributed by atoms with E-state index >= 15 is 0 Å². The van der Waals surface area contributed by atoms with Crippen molar-refractivity contribution in [2.45, 2.75) is 19.8 Å². The molecule has 3 rings (SSSR count). The van der Waals surface area contributed by atoms with E-state index in [0.29, 0.717) is 0 Å². The molecule has 2 aromatic carbocycles. The van der Waals surface area contributed by atoms with Crippen molar-refractivity contribution in [1.29, 1.82) is 0 Å². The van der Waals surface area contributed by atoms with Crippen LogP contribution in [0, 0.1) is 0 Å². The van der Waals surface area contributed by atoms with Gasteiger partial charge in [-0.15, -0.1) is 0 Å². The zero-order valence-corrected chi connectivity index (χ0v) is 10.7. The molecule has 0 spiro atoms. The lowest BCUT2D eigenvalue weighted by atomic mass is 10.0. The molecule has 0 saturated carbocycles. The van der Waals surface area contributed by atoms with E-state index in [9.17, 15) is 4.79 Å². The van der Waals surface area contributed by atoms with Crippen molar-refractivity contribution in [2.24, 2.45) is 0 Å². The summed E-state index contributed by atoms with van der Waals surface area (Å²) in [6.07, 6.45) is 0.958. The van der Waals surface area contributed by atoms with E-state index in [1.54, 1.807) is 0 Å². The van der Waals surface area contributed by atoms with Crippen LogP contribution < -0.4 is 0 Å². The van der Waals surface area contributed by atoms with E-state index in [-0.39, 0.29) is 6.42 Å². The number of aromatic nitrogens is 1. The highest BCUT2D eigenvalue weighted by molar-refractivity contribution is 6.08. The molecule has 19 heavy (non-hydrogen) atoms. The van der Waals surface area contributed by atoms with Crippen molar-refractivity contribution < 1.29 is 9.90 Å². The Balaban J connectivity index is 2.37. The van der Waals surface area contributed by atoms with Crippen LogP contribution in [0.1, 0.15) is 18.1 Å². The Labute approximate surface area is 110 Å². The van der Waals surface area contributed by atoms with Gasteiger partial charge in [-0.2, -0.15) is 0 Å². The molecule has 0 atom stereocenters. The number of carboxylic acids is 1. The average molecular weight is 253 g/mol. The van der Waals surface area contributed by atoms with E-state index in [1.807, 2.05) is 24.3 Å². The third kappa shape index (κ3) is 1.97. The van der Waals surface area contributed by atoms with Gasteiger partial charge in [-0.3, -0.25) is 4.79 Å². The van der Waals surface area contributed by atoms with Gasteiger partial charge in [0.1, 0.15) is 0 Å². The lowest BCUT2D eigenvalue weighted by Gasteiger charge is -2.04. The Morgan fingerprint density at radius 1 is 1.21 bits per heavy atom. The highest BCUT2D eigenvalue weighted by atomic mass is 16.4. The Hall–Kier alpha value is -2.29. The van der Waals surface area contributed by atoms with Crippen LogP contribution in [0.5, 0.6) is 0 Å². The number of H-pyrrole nitrogens is 1. The number of aliphatic carboxylic acids is 1. The van der Waals surface area contributed by atoms with Crippen LogP contribution in [0.4, 0.5) is 0 Å². The number of fused-ring (bicyclic) bond motifs is 3. The Morgan fingerprint density at radius 3 is 2.74 bits per heavy atom. The van der Waals surface area contributed by atoms with Crippen molar-refractivity contribution in [3.63, 3.8) is 0 Å². The molecule has 1 aromatic heterocycles. The van der Waals surface area contributed by atoms with Crippen LogP contribution in [-0.4, -0.2) is 16.1 Å². The van der Waals surface area contributed by atoms with Gasteiger partial charge in [-0.25, -0.2) is 0 Å². The van der Waals surface area contributed by atoms with Crippen LogP contribution in [0.3, 0.4) is 0 Å². The molecule has 0 aliphatic rings. The van der Waals surface area contributed by atoms with E-state index in [0.717, 1.165) is 33.8 Å². The SMILES string of the molecule is CCc1cc(CC(=O)O)c2[nH]c3ccccc3c2c1. The molecule has 0 unspecified atom stereocenters. The number of benzene rings is 2. The van der Waals surface area contributed by atoms with Gasteiger partial charge >= 0.3 is 5.97 Å². The first kappa shape index (κ1) is 11.8. The molecule has 0 fully saturated rings. The maximum Gasteiger partial charge on any atom is 0.307 e. The molecule has 0 bridgehead atoms. The van der Waals surface area contributed by atoms with Crippen LogP contribution in [0.15, 0.2) is 36.4 Å². The Kier molecular flexibility index (Phi) is 2.75. The van der Waals surface area contributed by atoms with Gasteiger partial charge in [-0.05, 0) is 29.7 Å². The summed E-state index contributed by atoms with van der Waals surface area (Å²) in [5.41, 5.74) is 4.03. The minimum Gasteiger partial charge on any atom is -0.481 e. The fourth-order valence-electron chi connectivity index (χ4n) is 2.60. The largest absolute Gasteiger partial charge is 0.481 e. The van der Waals surface area contributed by atoms with Crippen molar-refractivity contribution in [2.75, 3.05) is 0 Å². The monoisotopic (exact) mass is 253 g/mol. The molecule has 3 heteroatoms. The second-order valence-electron chi connectivity index (χ2n) is 4.77. The zero-order chi connectivity index (χ0) is 13.4. The smallest absolute Gasteiger partial charge is 0.307 e. The van der Waals surface area contributed by atoms with E-state index < -0.39 is 5.97 Å². The molecule has 1 heterocycles. The third-order valence-corrected chi connectivity index (χ3v) is 3.51. The Morgan fingerprint density at radius 2 is 2.00 bits per heavy atom. The number of carboxylic acid groups (broad SMARTS) is 1. The first-order chi connectivity index (χ1) is 9.19. The van der Waals surface area contributed by atoms with Gasteiger partial charge in [0.25, 0.3) is 0 Å². The summed E-state index contributed by atoms with van der Waals surface area (Å²) < 4.78 is 0. The predicted octanol–water partition coefficient (Wildman–Crippen LogP) is 3.51. The summed E-state index contributed by atoms with van der Waals surface area (Å²) in [5, 5.41) is 11.3. The van der Waals surface area contributed by atoms with Gasteiger partial charge in [-0.1, -0.05) is 31.2 Å². The van der Waals surface area contributed by atoms with Crippen LogP contribution in [-0.2, 0) is 17.6 Å². The zero-order valence-electron chi connectivity index (χ0n) is 10.7. The minimum absolute atomic E-state index is 0.0527. The normalized spacial score (nSPS) is 11.2. The summed E-state index contributed by atoms with van der Waals surface area (Å²) in [5.74, 6) is -0.798. The first-order valence-electron chi connectivity index (χ1n) is 6.43. The van der Waals surface area contributed by atoms with Gasteiger partial charge in [0.2, 0.25) is 0 Å². The standard InChI is InChI=1S/C16H15NO2/c1-2-10-7-11(9-15(18)19)16-13(8-10)12-5-3-4-6-14(12)17-16/h3-8,17H,2,9H2,1H3,(H,18,19). The fraction of sp³-hybridized carbons (Fsp3) is 0.188. The maximum absolute atomic E-state index is 11.0. The average Bonchev–Trinajstić information content (AvgIpc) is 2.77. The van der Waals surface area contributed by atoms with Crippen molar-refractivity contribution in [1.82, 2.24) is 4.98 Å². The number of para-hydroxylation sites is 1. The fourth-order valence-corrected chi connectivity index (χ4v) is 2.60. The number of aromatic amines is 1. The molecule has 3 nitrogen and oxygen atoms in total. The van der Waals surface area contributed by atoms with Crippen LogP contribution in [0.2, 0.25) is 0 Å². The molecule has 0 amide bonds. The molecule has 2 N–H and O–H groups in total. The van der Waals surface area contributed by atoms with Crippen molar-refractivity contribution in [3.05, 3.63) is 47.5 Å². The summed E-state index contributed by atoms with van der Waals surface area (Å²) >= 11 is 0. The topological polar surface area (TPSA) is 53.1 Å². The molecule has 3 aromatic rings. The highest BCUT2D eigenvalue weighted by Crippen LogP contribution is 2.29. The number of carbonyl (C=O) groups is 1. The van der Waals surface area contributed by atoms with Gasteiger partial charge in [0.15, 0.2) is 0 Å². The number of aryl methyl sites for hydroxylation is 1. The predicted molar refractivity (Wildman–Crippen MR) is 76.5 cm³/mol. The minimum atomic E-state index is -0.798. The number of nitrogens with one attached hydrogen (secondary N) is 1. The second-order valence-corrected chi connectivity index (χ2v) is 4.77. The molecule has 96 valence electrons. The lowest BCUT2D eigenvalue weighted by molar-refractivity contribution is -0.136. The van der Waals surface area contributed by atoms with Crippen molar-refractivity contribution >= 4 is 27.8 Å². The summed E-state index contributed by atoms with van der Waals surface area (Å²) in [7, 11) is 0. The number of rotatable bonds is 3. The highest BCUT2D eigenvalue weighted by Gasteiger charge is 2.11. The molecule has 0 aliphatic heterocycles. The summed E-state index contributed by atoms with van der Waals surface area (Å²) in [6.45, 7) is 2.08. The molecule has 0 aliphatic carbocycles. The summed E-state index contributed by atoms with van der Waals surface area (Å²) in [4.78, 5) is 14.4. The summed E-state index contributed by atoms with van der Waals surface area (Å²) in [6, 6.07) is 12.2. The number of hydrogen-bond donors (Lipinski definition) is 2. The maximum atomic E-state index is 11.0. The van der Waals surface area contributed by atoms with Gasteiger partial charge < -0.3 is 10.1 Å². The molecular weight excluding hydrogens is 238 g/mol. The van der Waals surface area contributed by atoms with Crippen LogP contribution >= 0.6 is 0 Å². The van der Waals surface area contributed by atoms with Gasteiger partial charge in [0.05, 0.1) is 11.9 Å². The van der Waals surface area contributed by atoms with E-state index in [2.05, 4.69) is 24.0 Å². The van der Waals surface area contributed by atoms with E-state index in [1.165, 1.54) is 5.56 Å². The molecular formula is C16H15NO2. The van der Waals surface area contributed by atoms with Gasteiger partial charge in [0, 0.05) is 16.3 Å². The lowest BCUT2D eigenvalue weighted by Crippen LogP contribution is -2.01. The molecule has 0 radical (unpaired) electrons. The Bertz CT molecular complexity index is 771. The molecule has 0 saturated heterocycles.